The van der Waals surface area contributed by atoms with Crippen molar-refractivity contribution in [2.75, 3.05) is 71.2 Å². The lowest BCUT2D eigenvalue weighted by atomic mass is 9.84. The fourth-order valence-corrected chi connectivity index (χ4v) is 9.01. The number of anilines is 1. The number of benzene rings is 2. The predicted molar refractivity (Wildman–Crippen MR) is 189 cm³/mol. The first kappa shape index (κ1) is 34.5. The lowest BCUT2D eigenvalue weighted by molar-refractivity contribution is -0.135. The molecule has 2 N–H and O–H groups in total. The average Bonchev–Trinajstić information content (AvgIpc) is 3.46. The van der Waals surface area contributed by atoms with Crippen molar-refractivity contribution in [2.45, 2.75) is 43.7 Å². The number of amides is 1. The third kappa shape index (κ3) is 7.34. The van der Waals surface area contributed by atoms with E-state index in [1.165, 1.54) is 0 Å². The summed E-state index contributed by atoms with van der Waals surface area (Å²) in [7, 11) is -0.186. The number of methoxy groups -OCH3 is 1. The van der Waals surface area contributed by atoms with Crippen LogP contribution in [-0.4, -0.2) is 122 Å². The number of hydrogen-bond donors (Lipinski definition) is 2. The Morgan fingerprint density at radius 2 is 1.67 bits per heavy atom. The molecule has 1 amide bonds. The molecule has 0 unspecified atom stereocenters. The molecule has 0 bridgehead atoms. The van der Waals surface area contributed by atoms with Gasteiger partial charge in [0.2, 0.25) is 5.91 Å². The van der Waals surface area contributed by atoms with Crippen molar-refractivity contribution in [1.29, 1.82) is 0 Å². The first-order chi connectivity index (χ1) is 23.4. The summed E-state index contributed by atoms with van der Waals surface area (Å²) in [6.45, 7) is 10.1. The third-order valence-corrected chi connectivity index (χ3v) is 11.9. The van der Waals surface area contributed by atoms with Gasteiger partial charge in [0, 0.05) is 70.3 Å². The van der Waals surface area contributed by atoms with Gasteiger partial charge >= 0.3 is 5.97 Å². The number of nitrogens with one attached hydrogen (secondary N) is 1. The molecule has 3 aliphatic heterocycles. The van der Waals surface area contributed by atoms with Crippen LogP contribution in [0.1, 0.15) is 24.0 Å². The number of aryl methyl sites for hydroxylation is 2. The summed E-state index contributed by atoms with van der Waals surface area (Å²) in [4.78, 5) is 34.4. The molecule has 0 spiro atoms. The lowest BCUT2D eigenvalue weighted by Gasteiger charge is -2.52. The van der Waals surface area contributed by atoms with E-state index in [0.29, 0.717) is 47.8 Å². The maximum atomic E-state index is 13.7. The van der Waals surface area contributed by atoms with Gasteiger partial charge in [-0.05, 0) is 86.7 Å². The number of aromatic nitrogens is 1. The van der Waals surface area contributed by atoms with E-state index >= 15 is 0 Å². The van der Waals surface area contributed by atoms with E-state index in [2.05, 4.69) is 26.5 Å². The van der Waals surface area contributed by atoms with E-state index in [9.17, 15) is 23.1 Å². The summed E-state index contributed by atoms with van der Waals surface area (Å²) in [5.74, 6) is -0.292. The van der Waals surface area contributed by atoms with Gasteiger partial charge in [-0.15, -0.1) is 0 Å². The zero-order valence-electron chi connectivity index (χ0n) is 28.7. The van der Waals surface area contributed by atoms with Crippen molar-refractivity contribution in [3.05, 3.63) is 77.6 Å². The number of carbonyl (C=O) groups is 2. The minimum absolute atomic E-state index is 0.0202. The van der Waals surface area contributed by atoms with Crippen molar-refractivity contribution in [1.82, 2.24) is 24.2 Å². The van der Waals surface area contributed by atoms with Gasteiger partial charge in [0.15, 0.2) is 0 Å². The minimum Gasteiger partial charge on any atom is -0.497 e. The highest BCUT2D eigenvalue weighted by molar-refractivity contribution is 7.92. The van der Waals surface area contributed by atoms with Crippen molar-refractivity contribution in [3.8, 4) is 5.75 Å². The van der Waals surface area contributed by atoms with Crippen molar-refractivity contribution in [2.24, 2.45) is 0 Å². The van der Waals surface area contributed by atoms with Crippen molar-refractivity contribution < 1.29 is 27.9 Å². The number of fused-ring (bicyclic) bond motifs is 1. The minimum atomic E-state index is -3.88. The molecule has 12 nitrogen and oxygen atoms in total. The van der Waals surface area contributed by atoms with E-state index in [0.717, 1.165) is 56.5 Å². The van der Waals surface area contributed by atoms with Crippen LogP contribution in [0.15, 0.2) is 71.4 Å². The van der Waals surface area contributed by atoms with Crippen LogP contribution in [0.2, 0.25) is 0 Å². The number of ether oxygens (including phenoxy) is 1. The number of carbonyl (C=O) groups excluding carboxylic acids is 1. The first-order valence-electron chi connectivity index (χ1n) is 16.7. The SMILES string of the molecule is COc1cc(C)c(S(=O)(=O)Nc2ccc3ccn(CC(=O)N4CCC(CN5C=CC(C(=O)O)=CC5)(N5CCN(C)CC5)CC4)c3c2)c(C)c1. The van der Waals surface area contributed by atoms with Crippen LogP contribution < -0.4 is 9.46 Å². The van der Waals surface area contributed by atoms with Crippen molar-refractivity contribution in [3.63, 3.8) is 0 Å². The molecule has 2 aromatic carbocycles. The Morgan fingerprint density at radius 1 is 0.980 bits per heavy atom. The zero-order valence-corrected chi connectivity index (χ0v) is 29.5. The molecule has 1 aromatic heterocycles. The molecule has 13 heteroatoms. The summed E-state index contributed by atoms with van der Waals surface area (Å²) >= 11 is 0. The van der Waals surface area contributed by atoms with Crippen LogP contribution in [-0.2, 0) is 26.2 Å². The highest BCUT2D eigenvalue weighted by atomic mass is 32.2. The van der Waals surface area contributed by atoms with Gasteiger partial charge in [-0.3, -0.25) is 14.4 Å². The Kier molecular flexibility index (Phi) is 9.79. The number of sulfonamides is 1. The molecule has 0 saturated carbocycles. The second kappa shape index (κ2) is 13.9. The standard InChI is InChI=1S/C36H46N6O6S/c1-26-21-31(48-4)22-27(2)34(26)49(46,47)37-30-6-5-28-9-14-41(32(28)23-30)24-33(43)40-15-10-36(11-16-40,42-19-17-38(3)18-20-42)25-39-12-7-29(8-13-39)35(44)45/h5-9,12,14,21-23,37H,10-11,13,15-20,24-25H2,1-4H3,(H,44,45). The quantitative estimate of drug-likeness (QED) is 0.329. The van der Waals surface area contributed by atoms with E-state index in [1.54, 1.807) is 57.4 Å². The van der Waals surface area contributed by atoms with Gasteiger partial charge in [0.25, 0.3) is 10.0 Å². The van der Waals surface area contributed by atoms with Crippen LogP contribution in [0, 0.1) is 13.8 Å². The van der Waals surface area contributed by atoms with Crippen molar-refractivity contribution >= 4 is 38.5 Å². The lowest BCUT2D eigenvalue weighted by Crippen LogP contribution is -2.64. The van der Waals surface area contributed by atoms with E-state index < -0.39 is 16.0 Å². The monoisotopic (exact) mass is 690 g/mol. The van der Waals surface area contributed by atoms with Gasteiger partial charge in [-0.2, -0.15) is 0 Å². The highest BCUT2D eigenvalue weighted by Gasteiger charge is 2.42. The van der Waals surface area contributed by atoms with Gasteiger partial charge in [0.05, 0.1) is 28.8 Å². The molecular formula is C36H46N6O6S. The van der Waals surface area contributed by atoms with Gasteiger partial charge < -0.3 is 29.1 Å². The van der Waals surface area contributed by atoms with Crippen LogP contribution in [0.25, 0.3) is 10.9 Å². The predicted octanol–water partition coefficient (Wildman–Crippen LogP) is 3.52. The molecule has 2 saturated heterocycles. The van der Waals surface area contributed by atoms with E-state index in [-0.39, 0.29) is 22.9 Å². The molecule has 3 aromatic rings. The molecule has 6 rings (SSSR count). The molecule has 262 valence electrons. The Bertz CT molecular complexity index is 1880. The van der Waals surface area contributed by atoms with Gasteiger partial charge in [0.1, 0.15) is 12.3 Å². The highest BCUT2D eigenvalue weighted by Crippen LogP contribution is 2.33. The smallest absolute Gasteiger partial charge is 0.335 e. The van der Waals surface area contributed by atoms with Gasteiger partial charge in [-0.1, -0.05) is 12.1 Å². The van der Waals surface area contributed by atoms with Crippen LogP contribution in [0.5, 0.6) is 5.75 Å². The summed E-state index contributed by atoms with van der Waals surface area (Å²) in [5, 5.41) is 10.3. The largest absolute Gasteiger partial charge is 0.497 e. The van der Waals surface area contributed by atoms with E-state index in [1.807, 2.05) is 34.0 Å². The first-order valence-corrected chi connectivity index (χ1v) is 18.2. The zero-order chi connectivity index (χ0) is 34.9. The molecule has 0 atom stereocenters. The number of carboxylic acids is 1. The Hall–Kier alpha value is -4.33. The summed E-state index contributed by atoms with van der Waals surface area (Å²) in [5.41, 5.74) is 2.56. The number of aliphatic carboxylic acids is 1. The molecule has 2 fully saturated rings. The second-order valence-corrected chi connectivity index (χ2v) is 15.1. The Morgan fingerprint density at radius 3 is 2.29 bits per heavy atom. The number of likely N-dealkylation sites (N-methyl/N-ethyl adjacent to an activating group) is 1. The number of carboxylic acid groups (broad SMARTS) is 1. The molecular weight excluding hydrogens is 644 g/mol. The maximum Gasteiger partial charge on any atom is 0.335 e. The van der Waals surface area contributed by atoms with Gasteiger partial charge in [-0.25, -0.2) is 13.2 Å². The number of hydrogen-bond acceptors (Lipinski definition) is 8. The van der Waals surface area contributed by atoms with E-state index in [4.69, 9.17) is 4.74 Å². The topological polar surface area (TPSA) is 128 Å². The number of piperidine rings is 1. The average molecular weight is 691 g/mol. The van der Waals surface area contributed by atoms with Crippen LogP contribution in [0.4, 0.5) is 5.69 Å². The number of rotatable bonds is 10. The maximum absolute atomic E-state index is 13.7. The molecule has 0 aliphatic carbocycles. The number of nitrogens with zero attached hydrogens (tertiary/aromatic N) is 5. The second-order valence-electron chi connectivity index (χ2n) is 13.5. The Labute approximate surface area is 288 Å². The fourth-order valence-electron chi connectivity index (χ4n) is 7.50. The molecule has 4 heterocycles. The van der Waals surface area contributed by atoms with Crippen LogP contribution >= 0.6 is 0 Å². The summed E-state index contributed by atoms with van der Waals surface area (Å²) in [6, 6.07) is 10.7. The number of piperazine rings is 1. The fraction of sp³-hybridized carbons (Fsp3) is 0.444. The number of likely N-dealkylation sites (tertiary alicyclic amines) is 1. The molecule has 0 radical (unpaired) electrons. The molecule has 49 heavy (non-hydrogen) atoms. The van der Waals surface area contributed by atoms with Crippen LogP contribution in [0.3, 0.4) is 0 Å². The summed E-state index contributed by atoms with van der Waals surface area (Å²) in [6.07, 6.45) is 8.84. The summed E-state index contributed by atoms with van der Waals surface area (Å²) < 4.78 is 36.9. The Balaban J connectivity index is 1.14. The normalized spacial score (nSPS) is 18.8. The molecule has 3 aliphatic rings. The third-order valence-electron chi connectivity index (χ3n) is 10.2.